The lowest BCUT2D eigenvalue weighted by Crippen LogP contribution is -2.42. The molecular formula is C10H21N3S. The van der Waals surface area contributed by atoms with Crippen molar-refractivity contribution in [1.29, 1.82) is 0 Å². The van der Waals surface area contributed by atoms with Gasteiger partial charge in [0.1, 0.15) is 0 Å². The van der Waals surface area contributed by atoms with Crippen LogP contribution in [-0.2, 0) is 0 Å². The first-order valence-electron chi connectivity index (χ1n) is 5.34. The Labute approximate surface area is 92.2 Å². The van der Waals surface area contributed by atoms with Crippen molar-refractivity contribution in [1.82, 2.24) is 15.5 Å². The Bertz CT molecular complexity index is 190. The van der Waals surface area contributed by atoms with Crippen LogP contribution in [0, 0.1) is 0 Å². The van der Waals surface area contributed by atoms with Crippen LogP contribution in [0.25, 0.3) is 0 Å². The van der Waals surface area contributed by atoms with E-state index in [1.54, 1.807) is 0 Å². The van der Waals surface area contributed by atoms with E-state index < -0.39 is 0 Å². The summed E-state index contributed by atoms with van der Waals surface area (Å²) >= 11 is 5.12. The molecule has 1 rings (SSSR count). The molecule has 0 atom stereocenters. The molecule has 1 aliphatic carbocycles. The van der Waals surface area contributed by atoms with Crippen LogP contribution in [0.3, 0.4) is 0 Å². The van der Waals surface area contributed by atoms with E-state index in [0.29, 0.717) is 6.04 Å². The molecule has 4 heteroatoms. The Morgan fingerprint density at radius 1 is 1.50 bits per heavy atom. The summed E-state index contributed by atoms with van der Waals surface area (Å²) in [7, 11) is 2.18. The van der Waals surface area contributed by atoms with Crippen LogP contribution in [-0.4, -0.2) is 42.2 Å². The highest BCUT2D eigenvalue weighted by Gasteiger charge is 2.25. The number of thiocarbonyl (C=S) groups is 1. The molecule has 0 unspecified atom stereocenters. The fourth-order valence-electron chi connectivity index (χ4n) is 1.36. The van der Waals surface area contributed by atoms with Gasteiger partial charge in [0.2, 0.25) is 0 Å². The number of nitrogens with one attached hydrogen (secondary N) is 2. The van der Waals surface area contributed by atoms with Crippen molar-refractivity contribution < 1.29 is 0 Å². The smallest absolute Gasteiger partial charge is 0.166 e. The Hall–Kier alpha value is -0.350. The van der Waals surface area contributed by atoms with Gasteiger partial charge in [0.05, 0.1) is 0 Å². The zero-order valence-electron chi connectivity index (χ0n) is 9.34. The van der Waals surface area contributed by atoms with Gasteiger partial charge in [0, 0.05) is 25.2 Å². The quantitative estimate of drug-likeness (QED) is 0.668. The number of hydrogen-bond donors (Lipinski definition) is 2. The average Bonchev–Trinajstić information content (AvgIpc) is 2.84. The Kier molecular flexibility index (Phi) is 4.62. The summed E-state index contributed by atoms with van der Waals surface area (Å²) in [4.78, 5) is 2.39. The fourth-order valence-corrected chi connectivity index (χ4v) is 1.69. The predicted molar refractivity (Wildman–Crippen MR) is 64.5 cm³/mol. The lowest BCUT2D eigenvalue weighted by Gasteiger charge is -2.17. The maximum Gasteiger partial charge on any atom is 0.166 e. The monoisotopic (exact) mass is 215 g/mol. The molecule has 0 aromatic rings. The van der Waals surface area contributed by atoms with Gasteiger partial charge in [-0.3, -0.25) is 0 Å². The molecule has 0 spiro atoms. The van der Waals surface area contributed by atoms with E-state index in [0.717, 1.165) is 24.2 Å². The van der Waals surface area contributed by atoms with E-state index >= 15 is 0 Å². The van der Waals surface area contributed by atoms with Gasteiger partial charge in [-0.2, -0.15) is 0 Å². The highest BCUT2D eigenvalue weighted by atomic mass is 32.1. The van der Waals surface area contributed by atoms with Crippen LogP contribution in [0.15, 0.2) is 0 Å². The summed E-state index contributed by atoms with van der Waals surface area (Å²) in [5, 5.41) is 7.14. The van der Waals surface area contributed by atoms with Gasteiger partial charge in [0.15, 0.2) is 5.11 Å². The normalized spacial score (nSPS) is 16.1. The lowest BCUT2D eigenvalue weighted by molar-refractivity contribution is 0.328. The largest absolute Gasteiger partial charge is 0.361 e. The van der Waals surface area contributed by atoms with E-state index in [-0.39, 0.29) is 0 Å². The van der Waals surface area contributed by atoms with E-state index in [9.17, 15) is 0 Å². The molecule has 3 nitrogen and oxygen atoms in total. The third-order valence-electron chi connectivity index (χ3n) is 2.34. The van der Waals surface area contributed by atoms with Gasteiger partial charge in [-0.15, -0.1) is 0 Å². The molecule has 14 heavy (non-hydrogen) atoms. The molecule has 0 aromatic heterocycles. The third-order valence-corrected chi connectivity index (χ3v) is 2.60. The molecule has 1 fully saturated rings. The zero-order chi connectivity index (χ0) is 10.6. The Balaban J connectivity index is 1.99. The van der Waals surface area contributed by atoms with Crippen molar-refractivity contribution in [2.24, 2.45) is 0 Å². The minimum atomic E-state index is 0.413. The number of nitrogens with zero attached hydrogens (tertiary/aromatic N) is 1. The van der Waals surface area contributed by atoms with E-state index in [1.807, 2.05) is 0 Å². The minimum absolute atomic E-state index is 0.413. The van der Waals surface area contributed by atoms with Crippen LogP contribution < -0.4 is 10.6 Å². The van der Waals surface area contributed by atoms with Crippen molar-refractivity contribution in [3.05, 3.63) is 0 Å². The second-order valence-corrected chi connectivity index (χ2v) is 4.67. The van der Waals surface area contributed by atoms with Crippen molar-refractivity contribution in [3.8, 4) is 0 Å². The van der Waals surface area contributed by atoms with E-state index in [2.05, 4.69) is 36.4 Å². The summed E-state index contributed by atoms with van der Waals surface area (Å²) < 4.78 is 0. The highest BCUT2D eigenvalue weighted by molar-refractivity contribution is 7.80. The Morgan fingerprint density at radius 2 is 2.14 bits per heavy atom. The molecule has 1 saturated carbocycles. The summed E-state index contributed by atoms with van der Waals surface area (Å²) in [5.74, 6) is 0. The van der Waals surface area contributed by atoms with Gasteiger partial charge in [0.25, 0.3) is 0 Å². The van der Waals surface area contributed by atoms with Crippen LogP contribution in [0.4, 0.5) is 0 Å². The standard InChI is InChI=1S/C10H21N3S/c1-8(2)12-10(14)11-6-7-13(3)9-4-5-9/h8-9H,4-7H2,1-3H3,(H2,11,12,14). The number of rotatable bonds is 5. The summed E-state index contributed by atoms with van der Waals surface area (Å²) in [6.07, 6.45) is 2.73. The van der Waals surface area contributed by atoms with Crippen LogP contribution in [0.5, 0.6) is 0 Å². The molecule has 0 bridgehead atoms. The van der Waals surface area contributed by atoms with E-state index in [1.165, 1.54) is 12.8 Å². The van der Waals surface area contributed by atoms with Gasteiger partial charge in [-0.05, 0) is 46.0 Å². The topological polar surface area (TPSA) is 27.3 Å². The summed E-state index contributed by atoms with van der Waals surface area (Å²) in [6, 6.07) is 1.25. The van der Waals surface area contributed by atoms with Crippen LogP contribution in [0.1, 0.15) is 26.7 Å². The average molecular weight is 215 g/mol. The maximum atomic E-state index is 5.12. The zero-order valence-corrected chi connectivity index (χ0v) is 10.2. The molecule has 0 radical (unpaired) electrons. The molecule has 0 saturated heterocycles. The molecule has 0 aliphatic heterocycles. The maximum absolute atomic E-state index is 5.12. The van der Waals surface area contributed by atoms with Crippen molar-refractivity contribution >= 4 is 17.3 Å². The van der Waals surface area contributed by atoms with Gasteiger partial charge in [-0.25, -0.2) is 0 Å². The molecule has 1 aliphatic rings. The summed E-state index contributed by atoms with van der Waals surface area (Å²) in [6.45, 7) is 6.19. The van der Waals surface area contributed by atoms with Gasteiger partial charge < -0.3 is 15.5 Å². The first-order valence-corrected chi connectivity index (χ1v) is 5.75. The molecule has 0 aromatic carbocycles. The van der Waals surface area contributed by atoms with Crippen molar-refractivity contribution in [2.75, 3.05) is 20.1 Å². The predicted octanol–water partition coefficient (Wildman–Crippen LogP) is 0.953. The van der Waals surface area contributed by atoms with E-state index in [4.69, 9.17) is 12.2 Å². The molecule has 2 N–H and O–H groups in total. The SMILES string of the molecule is CC(C)NC(=S)NCCN(C)C1CC1. The van der Waals surface area contributed by atoms with Crippen LogP contribution in [0.2, 0.25) is 0 Å². The van der Waals surface area contributed by atoms with Crippen LogP contribution >= 0.6 is 12.2 Å². The molecule has 0 heterocycles. The number of likely N-dealkylation sites (N-methyl/N-ethyl adjacent to an activating group) is 1. The highest BCUT2D eigenvalue weighted by Crippen LogP contribution is 2.24. The minimum Gasteiger partial charge on any atom is -0.361 e. The molecular weight excluding hydrogens is 194 g/mol. The third kappa shape index (κ3) is 4.77. The Morgan fingerprint density at radius 3 is 2.64 bits per heavy atom. The van der Waals surface area contributed by atoms with Crippen molar-refractivity contribution in [3.63, 3.8) is 0 Å². The second-order valence-electron chi connectivity index (χ2n) is 4.27. The molecule has 82 valence electrons. The fraction of sp³-hybridized carbons (Fsp3) is 0.900. The van der Waals surface area contributed by atoms with Crippen molar-refractivity contribution in [2.45, 2.75) is 38.8 Å². The van der Waals surface area contributed by atoms with Gasteiger partial charge >= 0.3 is 0 Å². The van der Waals surface area contributed by atoms with Gasteiger partial charge in [-0.1, -0.05) is 0 Å². The molecule has 0 amide bonds. The first-order chi connectivity index (χ1) is 6.59. The summed E-state index contributed by atoms with van der Waals surface area (Å²) in [5.41, 5.74) is 0. The number of hydrogen-bond acceptors (Lipinski definition) is 2. The first kappa shape index (κ1) is 11.7. The lowest BCUT2D eigenvalue weighted by atomic mass is 10.4. The second kappa shape index (κ2) is 5.51.